The van der Waals surface area contributed by atoms with Gasteiger partial charge >= 0.3 is 5.97 Å². The molecule has 0 spiro atoms. The molecule has 2 aromatic rings. The summed E-state index contributed by atoms with van der Waals surface area (Å²) < 4.78 is 2.06. The van der Waals surface area contributed by atoms with Gasteiger partial charge in [0.2, 0.25) is 0 Å². The molecule has 2 rings (SSSR count). The van der Waals surface area contributed by atoms with Gasteiger partial charge in [0.1, 0.15) is 4.88 Å². The molecule has 0 aliphatic carbocycles. The number of thiophene rings is 1. The van der Waals surface area contributed by atoms with Crippen molar-refractivity contribution in [3.05, 3.63) is 33.3 Å². The molecule has 2 heterocycles. The third-order valence-corrected chi connectivity index (χ3v) is 5.13. The Kier molecular flexibility index (Phi) is 3.77. The monoisotopic (exact) mass is 282 g/mol. The fourth-order valence-electron chi connectivity index (χ4n) is 1.52. The number of imidazole rings is 1. The quantitative estimate of drug-likeness (QED) is 0.876. The lowest BCUT2D eigenvalue weighted by atomic mass is 10.4. The molecule has 0 unspecified atom stereocenters. The maximum atomic E-state index is 10.8. The van der Waals surface area contributed by atoms with Crippen LogP contribution in [0.15, 0.2) is 17.3 Å². The average molecular weight is 282 g/mol. The van der Waals surface area contributed by atoms with E-state index in [4.69, 9.17) is 5.11 Å². The molecule has 0 aliphatic heterocycles. The zero-order valence-electron chi connectivity index (χ0n) is 10.4. The van der Waals surface area contributed by atoms with Crippen molar-refractivity contribution in [3.8, 4) is 0 Å². The first-order valence-electron chi connectivity index (χ1n) is 5.43. The zero-order chi connectivity index (χ0) is 13.3. The summed E-state index contributed by atoms with van der Waals surface area (Å²) in [5.74, 6) is -0.110. The number of carboxylic acids is 1. The lowest BCUT2D eigenvalue weighted by molar-refractivity contribution is 0.0702. The van der Waals surface area contributed by atoms with Crippen LogP contribution < -0.4 is 0 Å². The zero-order valence-corrected chi connectivity index (χ0v) is 12.1. The van der Waals surface area contributed by atoms with E-state index in [9.17, 15) is 4.79 Å². The predicted octanol–water partition coefficient (Wildman–Crippen LogP) is 3.09. The standard InChI is InChI=1S/C12H14N2O2S2/c1-7-8(2)14(3)12(13-7)17-6-9-4-5-10(18-9)11(15)16/h4-5H,6H2,1-3H3,(H,15,16). The summed E-state index contributed by atoms with van der Waals surface area (Å²) in [7, 11) is 1.99. The third-order valence-electron chi connectivity index (χ3n) is 2.79. The van der Waals surface area contributed by atoms with Crippen LogP contribution in [0.5, 0.6) is 0 Å². The fraction of sp³-hybridized carbons (Fsp3) is 0.333. The number of hydrogen-bond donors (Lipinski definition) is 1. The minimum atomic E-state index is -0.861. The smallest absolute Gasteiger partial charge is 0.345 e. The van der Waals surface area contributed by atoms with Crippen LogP contribution in [-0.4, -0.2) is 20.6 Å². The van der Waals surface area contributed by atoms with Crippen LogP contribution in [0.25, 0.3) is 0 Å². The summed E-state index contributed by atoms with van der Waals surface area (Å²) in [4.78, 5) is 16.7. The van der Waals surface area contributed by atoms with E-state index in [1.54, 1.807) is 17.8 Å². The maximum Gasteiger partial charge on any atom is 0.345 e. The van der Waals surface area contributed by atoms with Gasteiger partial charge in [0.05, 0.1) is 5.69 Å². The predicted molar refractivity (Wildman–Crippen MR) is 73.5 cm³/mol. The Morgan fingerprint density at radius 1 is 1.50 bits per heavy atom. The lowest BCUT2D eigenvalue weighted by Gasteiger charge is -2.01. The van der Waals surface area contributed by atoms with E-state index >= 15 is 0 Å². The Balaban J connectivity index is 2.06. The van der Waals surface area contributed by atoms with Crippen LogP contribution in [-0.2, 0) is 12.8 Å². The summed E-state index contributed by atoms with van der Waals surface area (Å²) in [5, 5.41) is 9.82. The van der Waals surface area contributed by atoms with Gasteiger partial charge in [0, 0.05) is 23.4 Å². The molecule has 18 heavy (non-hydrogen) atoms. The van der Waals surface area contributed by atoms with Gasteiger partial charge in [0.15, 0.2) is 5.16 Å². The Morgan fingerprint density at radius 3 is 2.72 bits per heavy atom. The topological polar surface area (TPSA) is 55.1 Å². The SMILES string of the molecule is Cc1nc(SCc2ccc(C(=O)O)s2)n(C)c1C. The molecule has 0 aliphatic rings. The molecule has 0 saturated heterocycles. The molecule has 0 atom stereocenters. The van der Waals surface area contributed by atoms with Gasteiger partial charge in [-0.1, -0.05) is 11.8 Å². The number of nitrogens with zero attached hydrogens (tertiary/aromatic N) is 2. The summed E-state index contributed by atoms with van der Waals surface area (Å²) in [6.45, 7) is 4.03. The number of carbonyl (C=O) groups is 1. The van der Waals surface area contributed by atoms with Crippen molar-refractivity contribution in [1.29, 1.82) is 0 Å². The molecule has 0 radical (unpaired) electrons. The van der Waals surface area contributed by atoms with Crippen LogP contribution in [0.2, 0.25) is 0 Å². The van der Waals surface area contributed by atoms with E-state index in [1.807, 2.05) is 27.0 Å². The molecular weight excluding hydrogens is 268 g/mol. The molecular formula is C12H14N2O2S2. The van der Waals surface area contributed by atoms with Crippen molar-refractivity contribution < 1.29 is 9.90 Å². The molecule has 0 fully saturated rings. The van der Waals surface area contributed by atoms with E-state index in [-0.39, 0.29) is 0 Å². The van der Waals surface area contributed by atoms with E-state index < -0.39 is 5.97 Å². The number of hydrogen-bond acceptors (Lipinski definition) is 4. The Bertz CT molecular complexity index is 587. The number of carboxylic acid groups (broad SMARTS) is 1. The van der Waals surface area contributed by atoms with Crippen molar-refractivity contribution in [2.45, 2.75) is 24.8 Å². The highest BCUT2D eigenvalue weighted by molar-refractivity contribution is 7.98. The van der Waals surface area contributed by atoms with Gasteiger partial charge in [-0.15, -0.1) is 11.3 Å². The first-order chi connectivity index (χ1) is 8.49. The highest BCUT2D eigenvalue weighted by Gasteiger charge is 2.10. The molecule has 0 amide bonds. The normalized spacial score (nSPS) is 10.8. The van der Waals surface area contributed by atoms with Crippen molar-refractivity contribution >= 4 is 29.1 Å². The minimum absolute atomic E-state index is 0.387. The minimum Gasteiger partial charge on any atom is -0.477 e. The highest BCUT2D eigenvalue weighted by atomic mass is 32.2. The maximum absolute atomic E-state index is 10.8. The second-order valence-corrected chi connectivity index (χ2v) is 6.09. The summed E-state index contributed by atoms with van der Waals surface area (Å²) in [6, 6.07) is 3.52. The first-order valence-corrected chi connectivity index (χ1v) is 7.24. The molecule has 1 N–H and O–H groups in total. The number of thioether (sulfide) groups is 1. The van der Waals surface area contributed by atoms with Gasteiger partial charge in [-0.2, -0.15) is 0 Å². The van der Waals surface area contributed by atoms with Crippen molar-refractivity contribution in [2.75, 3.05) is 0 Å². The highest BCUT2D eigenvalue weighted by Crippen LogP contribution is 2.27. The van der Waals surface area contributed by atoms with Crippen LogP contribution >= 0.6 is 23.1 Å². The Hall–Kier alpha value is -1.27. The molecule has 96 valence electrons. The average Bonchev–Trinajstić information content (AvgIpc) is 2.88. The number of aryl methyl sites for hydroxylation is 1. The number of aromatic nitrogens is 2. The second-order valence-electron chi connectivity index (χ2n) is 3.98. The van der Waals surface area contributed by atoms with Crippen LogP contribution in [0.3, 0.4) is 0 Å². The third kappa shape index (κ3) is 2.59. The van der Waals surface area contributed by atoms with Gasteiger partial charge in [0.25, 0.3) is 0 Å². The number of rotatable bonds is 4. The molecule has 2 aromatic heterocycles. The van der Waals surface area contributed by atoms with E-state index in [1.165, 1.54) is 11.3 Å². The molecule has 6 heteroatoms. The van der Waals surface area contributed by atoms with Crippen LogP contribution in [0, 0.1) is 13.8 Å². The second kappa shape index (κ2) is 5.16. The largest absolute Gasteiger partial charge is 0.477 e. The summed E-state index contributed by atoms with van der Waals surface area (Å²) in [6.07, 6.45) is 0. The first kappa shape index (κ1) is 13.2. The number of aromatic carboxylic acids is 1. The van der Waals surface area contributed by atoms with Crippen molar-refractivity contribution in [1.82, 2.24) is 9.55 Å². The summed E-state index contributed by atoms with van der Waals surface area (Å²) >= 11 is 2.95. The van der Waals surface area contributed by atoms with Crippen molar-refractivity contribution in [3.63, 3.8) is 0 Å². The van der Waals surface area contributed by atoms with E-state index in [2.05, 4.69) is 9.55 Å². The van der Waals surface area contributed by atoms with Gasteiger partial charge in [-0.25, -0.2) is 9.78 Å². The lowest BCUT2D eigenvalue weighted by Crippen LogP contribution is -1.93. The van der Waals surface area contributed by atoms with E-state index in [0.29, 0.717) is 4.88 Å². The van der Waals surface area contributed by atoms with Gasteiger partial charge < -0.3 is 9.67 Å². The molecule has 0 bridgehead atoms. The van der Waals surface area contributed by atoms with Gasteiger partial charge in [-0.3, -0.25) is 0 Å². The molecule has 4 nitrogen and oxygen atoms in total. The molecule has 0 aromatic carbocycles. The van der Waals surface area contributed by atoms with Crippen LogP contribution in [0.4, 0.5) is 0 Å². The van der Waals surface area contributed by atoms with Gasteiger partial charge in [-0.05, 0) is 26.0 Å². The summed E-state index contributed by atoms with van der Waals surface area (Å²) in [5.41, 5.74) is 2.20. The molecule has 0 saturated carbocycles. The Morgan fingerprint density at radius 2 is 2.22 bits per heavy atom. The van der Waals surface area contributed by atoms with E-state index in [0.717, 1.165) is 27.2 Å². The van der Waals surface area contributed by atoms with Crippen LogP contribution in [0.1, 0.15) is 25.9 Å². The van der Waals surface area contributed by atoms with Crippen molar-refractivity contribution in [2.24, 2.45) is 7.05 Å². The fourth-order valence-corrected chi connectivity index (χ4v) is 3.47. The Labute approximate surface area is 114 Å².